The molecule has 0 unspecified atom stereocenters. The topological polar surface area (TPSA) is 73.3 Å². The Balaban J connectivity index is 1.53. The maximum Gasteiger partial charge on any atom is 0.251 e. The molecule has 0 aliphatic heterocycles. The van der Waals surface area contributed by atoms with Crippen LogP contribution in [0.5, 0.6) is 11.5 Å². The molecule has 1 amide bonds. The second kappa shape index (κ2) is 10.2. The average molecular weight is 432 g/mol. The number of hydrogen-bond acceptors (Lipinski definition) is 6. The highest BCUT2D eigenvalue weighted by atomic mass is 35.5. The molecule has 152 valence electrons. The van der Waals surface area contributed by atoms with Gasteiger partial charge >= 0.3 is 0 Å². The summed E-state index contributed by atoms with van der Waals surface area (Å²) in [7, 11) is 1.52. The summed E-state index contributed by atoms with van der Waals surface area (Å²) in [6.45, 7) is 2.86. The number of nitrogens with zero attached hydrogens (tertiary/aromatic N) is 2. The number of ether oxygens (including phenoxy) is 2. The van der Waals surface area contributed by atoms with Gasteiger partial charge in [-0.25, -0.2) is 4.98 Å². The van der Waals surface area contributed by atoms with E-state index in [-0.39, 0.29) is 5.91 Å². The normalized spacial score (nSPS) is 10.6. The average Bonchev–Trinajstić information content (AvgIpc) is 3.22. The van der Waals surface area contributed by atoms with Crippen molar-refractivity contribution in [3.05, 3.63) is 57.6 Å². The van der Waals surface area contributed by atoms with Gasteiger partial charge in [0.15, 0.2) is 11.5 Å². The van der Waals surface area contributed by atoms with Crippen LogP contribution < -0.4 is 14.8 Å². The summed E-state index contributed by atoms with van der Waals surface area (Å²) in [5.41, 5.74) is 2.44. The fraction of sp³-hybridized carbons (Fsp3) is 0.286. The SMILES string of the molecule is CCOc1c(Cl)cc(C(=O)NCCCc2nc(-c3ccncc3)cs2)cc1OC. The molecule has 8 heteroatoms. The summed E-state index contributed by atoms with van der Waals surface area (Å²) in [5.74, 6) is 0.683. The van der Waals surface area contributed by atoms with Crippen molar-refractivity contribution in [1.29, 1.82) is 0 Å². The summed E-state index contributed by atoms with van der Waals surface area (Å²) in [5, 5.41) is 6.34. The zero-order chi connectivity index (χ0) is 20.6. The Labute approximate surface area is 178 Å². The third kappa shape index (κ3) is 5.46. The Morgan fingerprint density at radius 1 is 1.28 bits per heavy atom. The lowest BCUT2D eigenvalue weighted by Gasteiger charge is -2.13. The van der Waals surface area contributed by atoms with Crippen molar-refractivity contribution in [2.75, 3.05) is 20.3 Å². The molecule has 0 atom stereocenters. The molecular weight excluding hydrogens is 410 g/mol. The largest absolute Gasteiger partial charge is 0.493 e. The summed E-state index contributed by atoms with van der Waals surface area (Å²) < 4.78 is 10.8. The van der Waals surface area contributed by atoms with E-state index in [2.05, 4.69) is 15.3 Å². The van der Waals surface area contributed by atoms with Gasteiger partial charge in [-0.05, 0) is 37.6 Å². The number of methoxy groups -OCH3 is 1. The molecule has 0 radical (unpaired) electrons. The molecule has 3 rings (SSSR count). The lowest BCUT2D eigenvalue weighted by Crippen LogP contribution is -2.24. The van der Waals surface area contributed by atoms with Crippen molar-refractivity contribution in [1.82, 2.24) is 15.3 Å². The number of aryl methyl sites for hydroxylation is 1. The summed E-state index contributed by atoms with van der Waals surface area (Å²) >= 11 is 7.86. The molecule has 0 aliphatic carbocycles. The molecule has 6 nitrogen and oxygen atoms in total. The maximum atomic E-state index is 12.4. The van der Waals surface area contributed by atoms with Crippen molar-refractivity contribution in [3.8, 4) is 22.8 Å². The molecule has 0 spiro atoms. The number of amides is 1. The van der Waals surface area contributed by atoms with Crippen molar-refractivity contribution < 1.29 is 14.3 Å². The van der Waals surface area contributed by atoms with E-state index in [4.69, 9.17) is 21.1 Å². The number of halogens is 1. The van der Waals surface area contributed by atoms with Gasteiger partial charge < -0.3 is 14.8 Å². The van der Waals surface area contributed by atoms with E-state index in [1.165, 1.54) is 7.11 Å². The number of hydrogen-bond donors (Lipinski definition) is 1. The molecule has 0 aliphatic rings. The van der Waals surface area contributed by atoms with Crippen LogP contribution in [0.4, 0.5) is 0 Å². The highest BCUT2D eigenvalue weighted by Crippen LogP contribution is 2.36. The van der Waals surface area contributed by atoms with Crippen molar-refractivity contribution >= 4 is 28.8 Å². The van der Waals surface area contributed by atoms with Crippen LogP contribution in [0.3, 0.4) is 0 Å². The zero-order valence-electron chi connectivity index (χ0n) is 16.3. The van der Waals surface area contributed by atoms with E-state index in [1.54, 1.807) is 35.9 Å². The van der Waals surface area contributed by atoms with Crippen LogP contribution in [0.1, 0.15) is 28.7 Å². The van der Waals surface area contributed by atoms with Gasteiger partial charge in [0.1, 0.15) is 0 Å². The Bertz CT molecular complexity index is 963. The third-order valence-electron chi connectivity index (χ3n) is 4.16. The van der Waals surface area contributed by atoms with Crippen LogP contribution in [-0.4, -0.2) is 36.1 Å². The predicted octanol–water partition coefficient (Wildman–Crippen LogP) is 4.63. The molecule has 0 saturated carbocycles. The van der Waals surface area contributed by atoms with Crippen LogP contribution in [0.15, 0.2) is 42.0 Å². The van der Waals surface area contributed by atoms with E-state index in [0.29, 0.717) is 35.2 Å². The lowest BCUT2D eigenvalue weighted by molar-refractivity contribution is 0.0953. The van der Waals surface area contributed by atoms with E-state index >= 15 is 0 Å². The van der Waals surface area contributed by atoms with E-state index in [9.17, 15) is 4.79 Å². The second-order valence-electron chi connectivity index (χ2n) is 6.14. The molecule has 1 aromatic carbocycles. The minimum absolute atomic E-state index is 0.204. The van der Waals surface area contributed by atoms with Gasteiger partial charge in [-0.3, -0.25) is 9.78 Å². The molecule has 0 bridgehead atoms. The van der Waals surface area contributed by atoms with Gasteiger partial charge in [-0.1, -0.05) is 11.6 Å². The van der Waals surface area contributed by atoms with Crippen LogP contribution in [0, 0.1) is 0 Å². The van der Waals surface area contributed by atoms with Gasteiger partial charge in [-0.2, -0.15) is 0 Å². The quantitative estimate of drug-likeness (QED) is 0.500. The van der Waals surface area contributed by atoms with Crippen LogP contribution in [0.25, 0.3) is 11.3 Å². The highest BCUT2D eigenvalue weighted by Gasteiger charge is 2.15. The molecular formula is C21H22ClN3O3S. The summed E-state index contributed by atoms with van der Waals surface area (Å²) in [6.07, 6.45) is 5.10. The number of thiazole rings is 1. The first-order chi connectivity index (χ1) is 14.1. The van der Waals surface area contributed by atoms with Crippen molar-refractivity contribution in [2.24, 2.45) is 0 Å². The Kier molecular flexibility index (Phi) is 7.43. The Hall–Kier alpha value is -2.64. The van der Waals surface area contributed by atoms with Crippen LogP contribution in [-0.2, 0) is 6.42 Å². The van der Waals surface area contributed by atoms with E-state index in [1.807, 2.05) is 24.4 Å². The van der Waals surface area contributed by atoms with Gasteiger partial charge in [-0.15, -0.1) is 11.3 Å². The van der Waals surface area contributed by atoms with Crippen LogP contribution in [0.2, 0.25) is 5.02 Å². The molecule has 2 heterocycles. The predicted molar refractivity (Wildman–Crippen MR) is 115 cm³/mol. The van der Waals surface area contributed by atoms with Gasteiger partial charge in [0.05, 0.1) is 29.4 Å². The van der Waals surface area contributed by atoms with Gasteiger partial charge in [0.2, 0.25) is 0 Å². The first kappa shape index (κ1) is 21.1. The summed E-state index contributed by atoms with van der Waals surface area (Å²) in [6, 6.07) is 7.10. The fourth-order valence-corrected chi connectivity index (χ4v) is 3.87. The second-order valence-corrected chi connectivity index (χ2v) is 7.49. The van der Waals surface area contributed by atoms with E-state index in [0.717, 1.165) is 29.1 Å². The molecule has 29 heavy (non-hydrogen) atoms. The minimum atomic E-state index is -0.204. The standard InChI is InChI=1S/C21H22ClN3O3S/c1-3-28-20-16(22)11-15(12-18(20)27-2)21(26)24-8-4-5-19-25-17(13-29-19)14-6-9-23-10-7-14/h6-7,9-13H,3-5,8H2,1-2H3,(H,24,26). The highest BCUT2D eigenvalue weighted by molar-refractivity contribution is 7.09. The summed E-state index contributed by atoms with van der Waals surface area (Å²) in [4.78, 5) is 21.1. The van der Waals surface area contributed by atoms with Crippen molar-refractivity contribution in [3.63, 3.8) is 0 Å². The number of rotatable bonds is 9. The van der Waals surface area contributed by atoms with Crippen molar-refractivity contribution in [2.45, 2.75) is 19.8 Å². The monoisotopic (exact) mass is 431 g/mol. The molecule has 2 aromatic heterocycles. The maximum absolute atomic E-state index is 12.4. The third-order valence-corrected chi connectivity index (χ3v) is 5.35. The molecule has 0 saturated heterocycles. The number of aromatic nitrogens is 2. The Morgan fingerprint density at radius 2 is 2.07 bits per heavy atom. The molecule has 0 fully saturated rings. The van der Waals surface area contributed by atoms with E-state index < -0.39 is 0 Å². The smallest absolute Gasteiger partial charge is 0.251 e. The number of nitrogens with one attached hydrogen (secondary N) is 1. The van der Waals surface area contributed by atoms with Crippen LogP contribution >= 0.6 is 22.9 Å². The number of pyridine rings is 1. The Morgan fingerprint density at radius 3 is 2.79 bits per heavy atom. The van der Waals surface area contributed by atoms with Gasteiger partial charge in [0.25, 0.3) is 5.91 Å². The van der Waals surface area contributed by atoms with Gasteiger partial charge in [0, 0.05) is 41.9 Å². The molecule has 1 N–H and O–H groups in total. The fourth-order valence-electron chi connectivity index (χ4n) is 2.76. The number of carbonyl (C=O) groups excluding carboxylic acids is 1. The number of benzene rings is 1. The lowest BCUT2D eigenvalue weighted by atomic mass is 10.2. The molecule has 3 aromatic rings. The first-order valence-corrected chi connectivity index (χ1v) is 10.5. The zero-order valence-corrected chi connectivity index (χ0v) is 17.8. The number of carbonyl (C=O) groups is 1. The minimum Gasteiger partial charge on any atom is -0.493 e. The first-order valence-electron chi connectivity index (χ1n) is 9.25.